The molecule has 0 N–H and O–H groups in total. The molecule has 0 atom stereocenters. The van der Waals surface area contributed by atoms with Gasteiger partial charge in [-0.15, -0.1) is 10.2 Å². The van der Waals surface area contributed by atoms with Crippen LogP contribution in [0.5, 0.6) is 0 Å². The van der Waals surface area contributed by atoms with E-state index in [4.69, 9.17) is 4.42 Å². The van der Waals surface area contributed by atoms with E-state index < -0.39 is 0 Å². The van der Waals surface area contributed by atoms with E-state index in [2.05, 4.69) is 15.2 Å². The van der Waals surface area contributed by atoms with Gasteiger partial charge in [-0.1, -0.05) is 29.8 Å². The van der Waals surface area contributed by atoms with Crippen molar-refractivity contribution in [3.05, 3.63) is 76.7 Å². The van der Waals surface area contributed by atoms with E-state index in [0.717, 1.165) is 11.1 Å². The quantitative estimate of drug-likeness (QED) is 0.581. The Morgan fingerprint density at radius 1 is 1.08 bits per heavy atom. The van der Waals surface area contributed by atoms with Crippen molar-refractivity contribution in [3.63, 3.8) is 0 Å². The molecule has 0 amide bonds. The van der Waals surface area contributed by atoms with Gasteiger partial charge in [0.05, 0.1) is 17.2 Å². The van der Waals surface area contributed by atoms with Crippen LogP contribution < -0.4 is 5.56 Å². The molecule has 0 bridgehead atoms. The second-order valence-electron chi connectivity index (χ2n) is 5.57. The fraction of sp³-hybridized carbons (Fsp3) is 0.111. The van der Waals surface area contributed by atoms with Gasteiger partial charge >= 0.3 is 0 Å². The van der Waals surface area contributed by atoms with Crippen molar-refractivity contribution in [1.29, 1.82) is 0 Å². The highest BCUT2D eigenvalue weighted by atomic mass is 16.4. The molecule has 2 heterocycles. The molecule has 0 fully saturated rings. The summed E-state index contributed by atoms with van der Waals surface area (Å²) in [4.78, 5) is 16.9. The van der Waals surface area contributed by atoms with Crippen LogP contribution in [0.4, 0.5) is 0 Å². The number of aromatic nitrogens is 4. The number of aryl methyl sites for hydroxylation is 1. The molecule has 4 rings (SSSR count). The molecule has 2 aromatic carbocycles. The van der Waals surface area contributed by atoms with Gasteiger partial charge in [-0.2, -0.15) is 0 Å². The Bertz CT molecular complexity index is 1070. The van der Waals surface area contributed by atoms with Gasteiger partial charge in [0.25, 0.3) is 5.56 Å². The summed E-state index contributed by atoms with van der Waals surface area (Å²) in [6, 6.07) is 15.1. The van der Waals surface area contributed by atoms with Crippen LogP contribution >= 0.6 is 0 Å². The predicted octanol–water partition coefficient (Wildman–Crippen LogP) is 2.80. The van der Waals surface area contributed by atoms with Crippen molar-refractivity contribution in [2.24, 2.45) is 0 Å². The number of fused-ring (bicyclic) bond motifs is 1. The van der Waals surface area contributed by atoms with Crippen molar-refractivity contribution in [3.8, 4) is 11.5 Å². The molecule has 4 aromatic rings. The van der Waals surface area contributed by atoms with E-state index in [9.17, 15) is 4.79 Å². The van der Waals surface area contributed by atoms with Crippen LogP contribution in [0, 0.1) is 6.92 Å². The Kier molecular flexibility index (Phi) is 3.42. The van der Waals surface area contributed by atoms with Gasteiger partial charge in [0.15, 0.2) is 0 Å². The van der Waals surface area contributed by atoms with Crippen molar-refractivity contribution < 1.29 is 4.42 Å². The van der Waals surface area contributed by atoms with E-state index in [-0.39, 0.29) is 12.1 Å². The minimum absolute atomic E-state index is 0.122. The Morgan fingerprint density at radius 3 is 2.75 bits per heavy atom. The fourth-order valence-electron chi connectivity index (χ4n) is 2.55. The fourth-order valence-corrected chi connectivity index (χ4v) is 2.55. The summed E-state index contributed by atoms with van der Waals surface area (Å²) in [5.74, 6) is 0.799. The third kappa shape index (κ3) is 2.58. The maximum absolute atomic E-state index is 12.6. The lowest BCUT2D eigenvalue weighted by Crippen LogP contribution is -2.21. The van der Waals surface area contributed by atoms with Crippen LogP contribution in [0.2, 0.25) is 0 Å². The van der Waals surface area contributed by atoms with E-state index in [1.165, 1.54) is 10.9 Å². The molecule has 6 nitrogen and oxygen atoms in total. The average molecular weight is 318 g/mol. The zero-order valence-electron chi connectivity index (χ0n) is 13.0. The molecule has 0 aliphatic heterocycles. The Balaban J connectivity index is 1.69. The Labute approximate surface area is 137 Å². The SMILES string of the molecule is Cc1ccc2ncn(Cc3nnc(-c4ccccc4)o3)c(=O)c2c1. The van der Waals surface area contributed by atoms with Crippen LogP contribution in [0.1, 0.15) is 11.5 Å². The summed E-state index contributed by atoms with van der Waals surface area (Å²) in [5, 5.41) is 8.64. The average Bonchev–Trinajstić information content (AvgIpc) is 3.07. The van der Waals surface area contributed by atoms with E-state index in [0.29, 0.717) is 22.7 Å². The van der Waals surface area contributed by atoms with Gasteiger partial charge in [0, 0.05) is 5.56 Å². The summed E-state index contributed by atoms with van der Waals surface area (Å²) < 4.78 is 7.13. The zero-order chi connectivity index (χ0) is 16.5. The van der Waals surface area contributed by atoms with Crippen molar-refractivity contribution in [2.45, 2.75) is 13.5 Å². The number of hydrogen-bond acceptors (Lipinski definition) is 5. The summed E-state index contributed by atoms with van der Waals surface area (Å²) >= 11 is 0. The van der Waals surface area contributed by atoms with E-state index in [1.807, 2.05) is 55.5 Å². The van der Waals surface area contributed by atoms with Crippen LogP contribution in [0.15, 0.2) is 64.1 Å². The first-order chi connectivity index (χ1) is 11.7. The van der Waals surface area contributed by atoms with Crippen molar-refractivity contribution in [1.82, 2.24) is 19.7 Å². The summed E-state index contributed by atoms with van der Waals surface area (Å²) in [5.41, 5.74) is 2.42. The van der Waals surface area contributed by atoms with Crippen LogP contribution in [-0.2, 0) is 6.54 Å². The van der Waals surface area contributed by atoms with Crippen LogP contribution in [0.3, 0.4) is 0 Å². The number of benzene rings is 2. The van der Waals surface area contributed by atoms with Crippen molar-refractivity contribution in [2.75, 3.05) is 0 Å². The van der Waals surface area contributed by atoms with Crippen LogP contribution in [-0.4, -0.2) is 19.7 Å². The van der Waals surface area contributed by atoms with Gasteiger partial charge < -0.3 is 4.42 Å². The normalized spacial score (nSPS) is 11.0. The minimum Gasteiger partial charge on any atom is -0.419 e. The topological polar surface area (TPSA) is 73.8 Å². The molecule has 0 aliphatic rings. The second-order valence-corrected chi connectivity index (χ2v) is 5.57. The molecule has 0 unspecified atom stereocenters. The molecule has 6 heteroatoms. The molecule has 0 saturated heterocycles. The van der Waals surface area contributed by atoms with Gasteiger partial charge in [0.1, 0.15) is 6.54 Å². The Morgan fingerprint density at radius 2 is 1.92 bits per heavy atom. The van der Waals surface area contributed by atoms with Gasteiger partial charge in [-0.05, 0) is 31.2 Å². The minimum atomic E-state index is -0.122. The molecular weight excluding hydrogens is 304 g/mol. The molecule has 0 radical (unpaired) electrons. The third-order valence-corrected chi connectivity index (χ3v) is 3.77. The zero-order valence-corrected chi connectivity index (χ0v) is 13.0. The molecule has 24 heavy (non-hydrogen) atoms. The van der Waals surface area contributed by atoms with E-state index >= 15 is 0 Å². The smallest absolute Gasteiger partial charge is 0.261 e. The Hall–Kier alpha value is -3.28. The number of hydrogen-bond donors (Lipinski definition) is 0. The summed E-state index contributed by atoms with van der Waals surface area (Å²) in [6.07, 6.45) is 1.51. The first-order valence-electron chi connectivity index (χ1n) is 7.54. The van der Waals surface area contributed by atoms with Gasteiger partial charge in [-0.25, -0.2) is 4.98 Å². The highest BCUT2D eigenvalue weighted by Gasteiger charge is 2.11. The molecular formula is C18H14N4O2. The molecule has 2 aromatic heterocycles. The first kappa shape index (κ1) is 14.3. The summed E-state index contributed by atoms with van der Waals surface area (Å²) in [6.45, 7) is 2.13. The standard InChI is InChI=1S/C18H14N4O2/c1-12-7-8-15-14(9-12)18(23)22(11-19-15)10-16-20-21-17(24-16)13-5-3-2-4-6-13/h2-9,11H,10H2,1H3. The third-order valence-electron chi connectivity index (χ3n) is 3.77. The number of nitrogens with zero attached hydrogens (tertiary/aromatic N) is 4. The molecule has 0 saturated carbocycles. The maximum atomic E-state index is 12.6. The lowest BCUT2D eigenvalue weighted by molar-refractivity contribution is 0.483. The van der Waals surface area contributed by atoms with Gasteiger partial charge in [0.2, 0.25) is 11.8 Å². The van der Waals surface area contributed by atoms with Crippen molar-refractivity contribution >= 4 is 10.9 Å². The highest BCUT2D eigenvalue weighted by Crippen LogP contribution is 2.17. The molecule has 0 aliphatic carbocycles. The lowest BCUT2D eigenvalue weighted by Gasteiger charge is -2.04. The van der Waals surface area contributed by atoms with Crippen LogP contribution in [0.25, 0.3) is 22.4 Å². The van der Waals surface area contributed by atoms with Gasteiger partial charge in [-0.3, -0.25) is 9.36 Å². The second kappa shape index (κ2) is 5.73. The molecule has 0 spiro atoms. The first-order valence-corrected chi connectivity index (χ1v) is 7.54. The molecule has 118 valence electrons. The highest BCUT2D eigenvalue weighted by molar-refractivity contribution is 5.77. The number of rotatable bonds is 3. The summed E-state index contributed by atoms with van der Waals surface area (Å²) in [7, 11) is 0. The monoisotopic (exact) mass is 318 g/mol. The predicted molar refractivity (Wildman–Crippen MR) is 89.6 cm³/mol. The lowest BCUT2D eigenvalue weighted by atomic mass is 10.2. The maximum Gasteiger partial charge on any atom is 0.261 e. The largest absolute Gasteiger partial charge is 0.419 e. The van der Waals surface area contributed by atoms with E-state index in [1.54, 1.807) is 0 Å².